The van der Waals surface area contributed by atoms with Gasteiger partial charge in [0.15, 0.2) is 0 Å². The smallest absolute Gasteiger partial charge is 1.00 e. The zero-order valence-electron chi connectivity index (χ0n) is 8.98. The van der Waals surface area contributed by atoms with E-state index < -0.39 is 0 Å². The largest absolute Gasteiger partial charge is 2.00 e. The molecule has 0 fully saturated rings. The molecule has 0 aliphatic carbocycles. The first-order chi connectivity index (χ1) is 5.00. The van der Waals surface area contributed by atoms with E-state index in [1.165, 1.54) is 35.2 Å². The summed E-state index contributed by atoms with van der Waals surface area (Å²) in [5.74, 6) is 0. The first-order valence-electron chi connectivity index (χ1n) is 2.89. The molecule has 0 aliphatic heterocycles. The van der Waals surface area contributed by atoms with Gasteiger partial charge in [-0.1, -0.05) is 0 Å². The molecule has 13 heavy (non-hydrogen) atoms. The number of hydrogen-bond donors (Lipinski definition) is 5. The Morgan fingerprint density at radius 2 is 0.385 bits per heavy atom. The summed E-state index contributed by atoms with van der Waals surface area (Å²) in [5.41, 5.74) is 22.5. The van der Waals surface area contributed by atoms with Crippen molar-refractivity contribution in [1.82, 2.24) is 0 Å². The Hall–Kier alpha value is 0.886. The first-order valence-corrected chi connectivity index (χ1v) is 2.89. The van der Waals surface area contributed by atoms with E-state index in [2.05, 4.69) is 28.7 Å². The second kappa shape index (κ2) is 2320. The molecular weight excluding hydrogens is 260 g/mol. The molecule has 0 aromatic heterocycles. The van der Waals surface area contributed by atoms with Crippen molar-refractivity contribution < 1.29 is 41.6 Å². The van der Waals surface area contributed by atoms with Gasteiger partial charge in [0.2, 0.25) is 0 Å². The predicted octanol–water partition coefficient (Wildman–Crippen LogP) is -8.12. The van der Waals surface area contributed by atoms with Crippen molar-refractivity contribution in [3.05, 3.63) is 0 Å². The molecule has 0 saturated carbocycles. The van der Waals surface area contributed by atoms with Crippen LogP contribution in [0.2, 0.25) is 0 Å². The van der Waals surface area contributed by atoms with Crippen molar-refractivity contribution >= 4 is 0 Å². The van der Waals surface area contributed by atoms with Crippen molar-refractivity contribution in [3.63, 3.8) is 0 Å². The topological polar surface area (TPSA) is 130 Å². The van der Waals surface area contributed by atoms with Crippen LogP contribution in [0.4, 0.5) is 0 Å². The molecule has 0 heterocycles. The third-order valence-corrected chi connectivity index (χ3v) is 0. The van der Waals surface area contributed by atoms with Crippen LogP contribution in [0.15, 0.2) is 0 Å². The molecule has 5 nitrogen and oxygen atoms in total. The number of nitrogens with two attached hydrogens (primary N) is 5. The fraction of sp³-hybridized carbons (Fsp3) is 1.00. The van der Waals surface area contributed by atoms with Gasteiger partial charge in [0, 0.05) is 0 Å². The van der Waals surface area contributed by atoms with Gasteiger partial charge in [-0.25, -0.2) is 0 Å². The molecule has 0 aromatic rings. The summed E-state index contributed by atoms with van der Waals surface area (Å²) in [4.78, 5) is 0. The average molecular weight is 285 g/mol. The summed E-state index contributed by atoms with van der Waals surface area (Å²) in [6, 6.07) is 0. The van der Waals surface area contributed by atoms with Gasteiger partial charge in [0.1, 0.15) is 0 Å². The average Bonchev–Trinajstić information content (AvgIpc) is 2.20. The van der Waals surface area contributed by atoms with E-state index in [9.17, 15) is 0 Å². The minimum atomic E-state index is 0. The Morgan fingerprint density at radius 3 is 0.385 bits per heavy atom. The summed E-state index contributed by atoms with van der Waals surface area (Å²) in [6.07, 6.45) is 0. The fourth-order valence-corrected chi connectivity index (χ4v) is 0. The van der Waals surface area contributed by atoms with Crippen LogP contribution in [0.5, 0.6) is 0 Å². The van der Waals surface area contributed by atoms with Crippen molar-refractivity contribution in [2.45, 2.75) is 0 Å². The Kier molecular flexibility index (Phi) is 11900. The maximum atomic E-state index is 4.50. The maximum Gasteiger partial charge on any atom is 2.00 e. The zero-order chi connectivity index (χ0) is 10.0. The quantitative estimate of drug-likeness (QED) is 0.302. The maximum absolute atomic E-state index is 4.50. The molecule has 0 atom stereocenters. The summed E-state index contributed by atoms with van der Waals surface area (Å²) < 4.78 is 0. The van der Waals surface area contributed by atoms with E-state index in [4.69, 9.17) is 0 Å². The summed E-state index contributed by atoms with van der Waals surface area (Å²) >= 11 is 0. The summed E-state index contributed by atoms with van der Waals surface area (Å²) in [7, 11) is 7.50. The predicted molar refractivity (Wildman–Crippen MR) is 50.6 cm³/mol. The Morgan fingerprint density at radius 1 is 0.385 bits per heavy atom. The fourth-order valence-electron chi connectivity index (χ4n) is 0. The molecule has 8 heteroatoms. The van der Waals surface area contributed by atoms with Gasteiger partial charge < -0.3 is 53.5 Å². The molecule has 1 radical (unpaired) electrons. The second-order valence-corrected chi connectivity index (χ2v) is 0. The van der Waals surface area contributed by atoms with E-state index in [0.717, 1.165) is 0 Å². The molecule has 0 aliphatic rings. The van der Waals surface area contributed by atoms with E-state index in [1.807, 2.05) is 0 Å². The molecule has 0 spiro atoms. The standard InChI is InChI=1S/5CH5N.2ClH.Co/c5*1-2;;;/h5*2H2,1H3;2*1H;/q;;;;;;;+2/p-2. The van der Waals surface area contributed by atoms with Crippen molar-refractivity contribution in [2.24, 2.45) is 28.7 Å². The number of hydrogen-bond acceptors (Lipinski definition) is 5. The van der Waals surface area contributed by atoms with Gasteiger partial charge in [-0.15, -0.1) is 0 Å². The monoisotopic (exact) mass is 284 g/mol. The molecule has 0 bridgehead atoms. The Bertz CT molecular complexity index is 22.9. The van der Waals surface area contributed by atoms with Crippen LogP contribution in [0, 0.1) is 0 Å². The Balaban J connectivity index is -0.00000000379. The zero-order valence-corrected chi connectivity index (χ0v) is 11.5. The summed E-state index contributed by atoms with van der Waals surface area (Å²) in [6.45, 7) is 0. The minimum Gasteiger partial charge on any atom is -1.00 e. The second-order valence-electron chi connectivity index (χ2n) is 0. The van der Waals surface area contributed by atoms with E-state index >= 15 is 0 Å². The van der Waals surface area contributed by atoms with Crippen molar-refractivity contribution in [3.8, 4) is 0 Å². The SMILES string of the molecule is CN.CN.CN.CN.CN.[Cl-].[Cl-].[Co+2]. The van der Waals surface area contributed by atoms with Crippen LogP contribution in [-0.2, 0) is 16.8 Å². The molecular formula is C5H25Cl2CoN5. The number of halogens is 2. The molecule has 0 saturated heterocycles. The van der Waals surface area contributed by atoms with Crippen LogP contribution in [-0.4, -0.2) is 35.2 Å². The van der Waals surface area contributed by atoms with Gasteiger partial charge in [-0.05, 0) is 35.2 Å². The molecule has 10 N–H and O–H groups in total. The van der Waals surface area contributed by atoms with Crippen molar-refractivity contribution in [1.29, 1.82) is 0 Å². The third kappa shape index (κ3) is 1940. The first kappa shape index (κ1) is 66.6. The van der Waals surface area contributed by atoms with E-state index in [1.54, 1.807) is 0 Å². The van der Waals surface area contributed by atoms with Gasteiger partial charge in [-0.2, -0.15) is 0 Å². The molecule has 0 amide bonds. The van der Waals surface area contributed by atoms with Crippen LogP contribution in [0.1, 0.15) is 0 Å². The van der Waals surface area contributed by atoms with Crippen LogP contribution >= 0.6 is 0 Å². The van der Waals surface area contributed by atoms with Gasteiger partial charge in [-0.3, -0.25) is 0 Å². The molecule has 0 unspecified atom stereocenters. The minimum absolute atomic E-state index is 0. The van der Waals surface area contributed by atoms with E-state index in [0.29, 0.717) is 0 Å². The Labute approximate surface area is 106 Å². The summed E-state index contributed by atoms with van der Waals surface area (Å²) in [5, 5.41) is 0. The van der Waals surface area contributed by atoms with Crippen LogP contribution < -0.4 is 53.5 Å². The van der Waals surface area contributed by atoms with E-state index in [-0.39, 0.29) is 41.6 Å². The molecule has 0 aromatic carbocycles. The number of rotatable bonds is 0. The normalized spacial score (nSPS) is 2.31. The third-order valence-electron chi connectivity index (χ3n) is 0. The van der Waals surface area contributed by atoms with Gasteiger partial charge >= 0.3 is 16.8 Å². The van der Waals surface area contributed by atoms with Gasteiger partial charge in [0.25, 0.3) is 0 Å². The molecule has 0 rings (SSSR count). The van der Waals surface area contributed by atoms with Crippen LogP contribution in [0.3, 0.4) is 0 Å². The molecule has 93 valence electrons. The van der Waals surface area contributed by atoms with Crippen LogP contribution in [0.25, 0.3) is 0 Å². The van der Waals surface area contributed by atoms with Gasteiger partial charge in [0.05, 0.1) is 0 Å². The van der Waals surface area contributed by atoms with Crippen molar-refractivity contribution in [2.75, 3.05) is 35.2 Å².